The largest absolute Gasteiger partial charge is 0.497 e. The molecule has 3 aromatic carbocycles. The normalized spacial score (nSPS) is 16.4. The second-order valence-corrected chi connectivity index (χ2v) is 10.6. The molecule has 38 heavy (non-hydrogen) atoms. The molecule has 3 aromatic rings. The highest BCUT2D eigenvalue weighted by Gasteiger charge is 2.32. The Morgan fingerprint density at radius 3 is 2.55 bits per heavy atom. The van der Waals surface area contributed by atoms with Gasteiger partial charge in [0.2, 0.25) is 0 Å². The lowest BCUT2D eigenvalue weighted by atomic mass is 9.79. The van der Waals surface area contributed by atoms with Crippen molar-refractivity contribution in [2.75, 3.05) is 7.11 Å². The lowest BCUT2D eigenvalue weighted by Crippen LogP contribution is -2.20. The standard InChI is InChI=1S/C32H35FO5/c1-6-32(3,4)30(34)28-15-20(7-12-25(28)27-16-22(37-5)11-14-29(27)33)18-38-23-10-8-21-9-13-24(26(21)17-23)19(2)31(35)36/h6-8,10-12,14-17,19,24,30,34H,1,9,13,18H2,2-5H3,(H,35,36)/t19-,24-,30-/m0/s1. The number of benzene rings is 3. The molecular weight excluding hydrogens is 483 g/mol. The van der Waals surface area contributed by atoms with Gasteiger partial charge in [0.1, 0.15) is 23.9 Å². The van der Waals surface area contributed by atoms with Gasteiger partial charge < -0.3 is 19.7 Å². The molecule has 0 aliphatic heterocycles. The van der Waals surface area contributed by atoms with E-state index in [9.17, 15) is 19.4 Å². The van der Waals surface area contributed by atoms with E-state index in [4.69, 9.17) is 9.47 Å². The molecule has 6 heteroatoms. The molecular formula is C32H35FO5. The van der Waals surface area contributed by atoms with Crippen molar-refractivity contribution in [2.24, 2.45) is 11.3 Å². The van der Waals surface area contributed by atoms with E-state index in [1.165, 1.54) is 13.2 Å². The van der Waals surface area contributed by atoms with E-state index in [-0.39, 0.29) is 12.5 Å². The fraction of sp³-hybridized carbons (Fsp3) is 0.344. The number of aliphatic hydroxyl groups is 1. The van der Waals surface area contributed by atoms with Gasteiger partial charge in [0.05, 0.1) is 19.1 Å². The van der Waals surface area contributed by atoms with E-state index in [0.29, 0.717) is 28.2 Å². The minimum Gasteiger partial charge on any atom is -0.497 e. The number of hydrogen-bond acceptors (Lipinski definition) is 4. The van der Waals surface area contributed by atoms with Crippen molar-refractivity contribution in [2.45, 2.75) is 52.2 Å². The molecule has 4 rings (SSSR count). The number of ether oxygens (including phenoxy) is 2. The molecule has 0 fully saturated rings. The molecule has 200 valence electrons. The van der Waals surface area contributed by atoms with Crippen molar-refractivity contribution < 1.29 is 28.9 Å². The van der Waals surface area contributed by atoms with Crippen LogP contribution in [-0.2, 0) is 17.8 Å². The van der Waals surface area contributed by atoms with Gasteiger partial charge in [-0.1, -0.05) is 45.0 Å². The summed E-state index contributed by atoms with van der Waals surface area (Å²) < 4.78 is 26.3. The van der Waals surface area contributed by atoms with Crippen molar-refractivity contribution in [1.82, 2.24) is 0 Å². The molecule has 1 aliphatic carbocycles. The number of methoxy groups -OCH3 is 1. The number of hydrogen-bond donors (Lipinski definition) is 2. The molecule has 0 saturated carbocycles. The minimum absolute atomic E-state index is 0.0361. The van der Waals surface area contributed by atoms with E-state index < -0.39 is 29.2 Å². The van der Waals surface area contributed by atoms with Crippen LogP contribution in [-0.4, -0.2) is 23.3 Å². The Hall–Kier alpha value is -3.64. The van der Waals surface area contributed by atoms with E-state index in [1.807, 2.05) is 44.2 Å². The molecule has 0 unspecified atom stereocenters. The van der Waals surface area contributed by atoms with Gasteiger partial charge in [0, 0.05) is 11.0 Å². The second-order valence-electron chi connectivity index (χ2n) is 10.6. The zero-order chi connectivity index (χ0) is 27.6. The van der Waals surface area contributed by atoms with Crippen LogP contribution in [0.4, 0.5) is 4.39 Å². The lowest BCUT2D eigenvalue weighted by Gasteiger charge is -2.29. The van der Waals surface area contributed by atoms with Crippen LogP contribution in [0.2, 0.25) is 0 Å². The van der Waals surface area contributed by atoms with Crippen molar-refractivity contribution in [1.29, 1.82) is 0 Å². The van der Waals surface area contributed by atoms with Crippen molar-refractivity contribution in [3.8, 4) is 22.6 Å². The predicted molar refractivity (Wildman–Crippen MR) is 146 cm³/mol. The van der Waals surface area contributed by atoms with Crippen molar-refractivity contribution in [3.63, 3.8) is 0 Å². The van der Waals surface area contributed by atoms with Gasteiger partial charge in [-0.05, 0) is 83.0 Å². The quantitative estimate of drug-likeness (QED) is 0.281. The number of aliphatic carboxylic acids is 1. The lowest BCUT2D eigenvalue weighted by molar-refractivity contribution is -0.141. The molecule has 5 nitrogen and oxygen atoms in total. The third kappa shape index (κ3) is 5.46. The SMILES string of the molecule is C=CC(C)(C)[C@@H](O)c1cc(COc2ccc3c(c2)[C@H]([C@H](C)C(=O)O)CC3)ccc1-c1cc(OC)ccc1F. The monoisotopic (exact) mass is 518 g/mol. The Kier molecular flexibility index (Phi) is 7.93. The molecule has 0 aromatic heterocycles. The number of aryl methyl sites for hydroxylation is 1. The first-order valence-electron chi connectivity index (χ1n) is 12.8. The van der Waals surface area contributed by atoms with Gasteiger partial charge in [-0.15, -0.1) is 6.58 Å². The van der Waals surface area contributed by atoms with Crippen molar-refractivity contribution >= 4 is 5.97 Å². The van der Waals surface area contributed by atoms with Gasteiger partial charge >= 0.3 is 5.97 Å². The number of carboxylic acids is 1. The van der Waals surface area contributed by atoms with Crippen LogP contribution in [0.1, 0.15) is 61.5 Å². The molecule has 2 N–H and O–H groups in total. The zero-order valence-corrected chi connectivity index (χ0v) is 22.3. The third-order valence-corrected chi connectivity index (χ3v) is 7.75. The maximum absolute atomic E-state index is 14.9. The van der Waals surface area contributed by atoms with Crippen LogP contribution in [0.3, 0.4) is 0 Å². The van der Waals surface area contributed by atoms with Gasteiger partial charge in [-0.25, -0.2) is 4.39 Å². The number of carboxylic acid groups (broad SMARTS) is 1. The Morgan fingerprint density at radius 1 is 1.13 bits per heavy atom. The summed E-state index contributed by atoms with van der Waals surface area (Å²) in [4.78, 5) is 11.6. The van der Waals surface area contributed by atoms with Crippen LogP contribution in [0.5, 0.6) is 11.5 Å². The van der Waals surface area contributed by atoms with Crippen LogP contribution in [0, 0.1) is 17.2 Å². The van der Waals surface area contributed by atoms with E-state index in [2.05, 4.69) is 6.58 Å². The molecule has 0 amide bonds. The minimum atomic E-state index is -0.946. The summed E-state index contributed by atoms with van der Waals surface area (Å²) in [5.74, 6) is -0.536. The molecule has 1 aliphatic rings. The average Bonchev–Trinajstić information content (AvgIpc) is 3.34. The van der Waals surface area contributed by atoms with Gasteiger partial charge in [-0.2, -0.15) is 0 Å². The maximum Gasteiger partial charge on any atom is 0.306 e. The van der Waals surface area contributed by atoms with E-state index in [0.717, 1.165) is 29.5 Å². The van der Waals surface area contributed by atoms with E-state index in [1.54, 1.807) is 31.2 Å². The zero-order valence-electron chi connectivity index (χ0n) is 22.3. The highest BCUT2D eigenvalue weighted by molar-refractivity contribution is 5.72. The predicted octanol–water partition coefficient (Wildman–Crippen LogP) is 7.08. The molecule has 3 atom stereocenters. The highest BCUT2D eigenvalue weighted by Crippen LogP contribution is 2.42. The van der Waals surface area contributed by atoms with Gasteiger partial charge in [-0.3, -0.25) is 4.79 Å². The summed E-state index contributed by atoms with van der Waals surface area (Å²) in [6.45, 7) is 9.59. The van der Waals surface area contributed by atoms with Gasteiger partial charge in [0.25, 0.3) is 0 Å². The van der Waals surface area contributed by atoms with Crippen LogP contribution >= 0.6 is 0 Å². The molecule has 0 radical (unpaired) electrons. The fourth-order valence-corrected chi connectivity index (χ4v) is 5.08. The summed E-state index contributed by atoms with van der Waals surface area (Å²) in [6.07, 6.45) is 2.42. The summed E-state index contributed by atoms with van der Waals surface area (Å²) in [5, 5.41) is 20.8. The van der Waals surface area contributed by atoms with Crippen LogP contribution in [0.15, 0.2) is 67.3 Å². The van der Waals surface area contributed by atoms with Crippen LogP contribution < -0.4 is 9.47 Å². The molecule has 0 spiro atoms. The maximum atomic E-state index is 14.9. The highest BCUT2D eigenvalue weighted by atomic mass is 19.1. The Balaban J connectivity index is 1.65. The first-order valence-corrected chi connectivity index (χ1v) is 12.8. The smallest absolute Gasteiger partial charge is 0.306 e. The number of halogens is 1. The summed E-state index contributed by atoms with van der Waals surface area (Å²) >= 11 is 0. The summed E-state index contributed by atoms with van der Waals surface area (Å²) in [5.41, 5.74) is 3.80. The number of aliphatic hydroxyl groups excluding tert-OH is 1. The van der Waals surface area contributed by atoms with Crippen LogP contribution in [0.25, 0.3) is 11.1 Å². The second kappa shape index (κ2) is 11.0. The first kappa shape index (κ1) is 27.4. The average molecular weight is 519 g/mol. The Labute approximate surface area is 223 Å². The number of carbonyl (C=O) groups is 1. The molecule has 0 saturated heterocycles. The van der Waals surface area contributed by atoms with Crippen molar-refractivity contribution in [3.05, 3.63) is 95.3 Å². The summed E-state index contributed by atoms with van der Waals surface area (Å²) in [6, 6.07) is 15.9. The van der Waals surface area contributed by atoms with E-state index >= 15 is 0 Å². The van der Waals surface area contributed by atoms with Gasteiger partial charge in [0.15, 0.2) is 0 Å². The third-order valence-electron chi connectivity index (χ3n) is 7.75. The Morgan fingerprint density at radius 2 is 1.87 bits per heavy atom. The molecule has 0 heterocycles. The number of fused-ring (bicyclic) bond motifs is 1. The molecule has 0 bridgehead atoms. The summed E-state index contributed by atoms with van der Waals surface area (Å²) in [7, 11) is 1.53. The number of rotatable bonds is 10. The Bertz CT molecular complexity index is 1350. The first-order chi connectivity index (χ1) is 18.1. The topological polar surface area (TPSA) is 76.0 Å². The fourth-order valence-electron chi connectivity index (χ4n) is 5.08.